The van der Waals surface area contributed by atoms with Gasteiger partial charge in [-0.15, -0.1) is 11.3 Å². The van der Waals surface area contributed by atoms with Gasteiger partial charge in [0.1, 0.15) is 6.54 Å². The molecule has 38 heavy (non-hydrogen) atoms. The van der Waals surface area contributed by atoms with Gasteiger partial charge < -0.3 is 15.0 Å². The van der Waals surface area contributed by atoms with Crippen LogP contribution in [-0.2, 0) is 15.7 Å². The van der Waals surface area contributed by atoms with Crippen molar-refractivity contribution < 1.29 is 27.5 Å². The van der Waals surface area contributed by atoms with Crippen molar-refractivity contribution in [2.24, 2.45) is 5.10 Å². The standard InChI is InChI=1S/C27H27F3N4O3S/c1-18-5-7-19(8-6-18)23-16-22(24-4-3-15-38-24)32-34(23)25(35)17-33(13-14-37-2)26(36)31-21-11-9-20(10-12-21)27(28,29)30/h3-12,15,23H,13-14,16-17H2,1-2H3,(H,31,36). The first kappa shape index (κ1) is 27.3. The van der Waals surface area contributed by atoms with Crippen LogP contribution in [0.1, 0.15) is 34.0 Å². The summed E-state index contributed by atoms with van der Waals surface area (Å²) >= 11 is 1.54. The highest BCUT2D eigenvalue weighted by Crippen LogP contribution is 2.34. The first-order chi connectivity index (χ1) is 18.2. The predicted molar refractivity (Wildman–Crippen MR) is 140 cm³/mol. The van der Waals surface area contributed by atoms with Crippen LogP contribution in [0.3, 0.4) is 0 Å². The SMILES string of the molecule is COCCN(CC(=O)N1N=C(c2cccs2)CC1c1ccc(C)cc1)C(=O)Nc1ccc(C(F)(F)F)cc1. The minimum Gasteiger partial charge on any atom is -0.383 e. The number of hydrogen-bond donors (Lipinski definition) is 1. The van der Waals surface area contributed by atoms with E-state index in [0.717, 1.165) is 33.8 Å². The van der Waals surface area contributed by atoms with Gasteiger partial charge in [0, 0.05) is 25.8 Å². The van der Waals surface area contributed by atoms with Gasteiger partial charge in [0.05, 0.1) is 28.8 Å². The number of aryl methyl sites for hydroxylation is 1. The number of halogens is 3. The van der Waals surface area contributed by atoms with Crippen molar-refractivity contribution in [2.45, 2.75) is 25.6 Å². The topological polar surface area (TPSA) is 74.2 Å². The third kappa shape index (κ3) is 6.59. The summed E-state index contributed by atoms with van der Waals surface area (Å²) in [7, 11) is 1.47. The van der Waals surface area contributed by atoms with Crippen LogP contribution in [0.15, 0.2) is 71.1 Å². The van der Waals surface area contributed by atoms with Gasteiger partial charge in [-0.3, -0.25) is 4.79 Å². The van der Waals surface area contributed by atoms with Gasteiger partial charge in [0.2, 0.25) is 0 Å². The van der Waals surface area contributed by atoms with E-state index in [1.165, 1.54) is 40.5 Å². The molecule has 0 aliphatic carbocycles. The van der Waals surface area contributed by atoms with Crippen molar-refractivity contribution in [1.82, 2.24) is 9.91 Å². The lowest BCUT2D eigenvalue weighted by atomic mass is 10.00. The maximum Gasteiger partial charge on any atom is 0.416 e. The summed E-state index contributed by atoms with van der Waals surface area (Å²) in [5.41, 5.74) is 2.16. The summed E-state index contributed by atoms with van der Waals surface area (Å²) in [6.45, 7) is 1.95. The zero-order valence-electron chi connectivity index (χ0n) is 20.9. The van der Waals surface area contributed by atoms with Crippen molar-refractivity contribution in [1.29, 1.82) is 0 Å². The van der Waals surface area contributed by atoms with E-state index in [1.807, 2.05) is 48.7 Å². The largest absolute Gasteiger partial charge is 0.416 e. The third-order valence-corrected chi connectivity index (χ3v) is 6.99. The molecule has 1 unspecified atom stereocenters. The molecule has 3 amide bonds. The predicted octanol–water partition coefficient (Wildman–Crippen LogP) is 5.93. The molecule has 0 bridgehead atoms. The van der Waals surface area contributed by atoms with Gasteiger partial charge in [0.15, 0.2) is 0 Å². The number of carbonyl (C=O) groups excluding carboxylic acids is 2. The summed E-state index contributed by atoms with van der Waals surface area (Å²) in [6.07, 6.45) is -3.95. The summed E-state index contributed by atoms with van der Waals surface area (Å²) in [5, 5.41) is 10.6. The normalized spacial score (nSPS) is 15.3. The highest BCUT2D eigenvalue weighted by atomic mass is 32.1. The highest BCUT2D eigenvalue weighted by Gasteiger charge is 2.35. The fraction of sp³-hybridized carbons (Fsp3) is 0.296. The van der Waals surface area contributed by atoms with E-state index in [1.54, 1.807) is 0 Å². The molecule has 1 N–H and O–H groups in total. The molecule has 2 heterocycles. The Morgan fingerprint density at radius 3 is 2.45 bits per heavy atom. The number of alkyl halides is 3. The van der Waals surface area contributed by atoms with Crippen LogP contribution in [0.4, 0.5) is 23.7 Å². The fourth-order valence-electron chi connectivity index (χ4n) is 4.01. The third-order valence-electron chi connectivity index (χ3n) is 6.08. The molecule has 2 aromatic carbocycles. The van der Waals surface area contributed by atoms with Crippen LogP contribution in [0.2, 0.25) is 0 Å². The van der Waals surface area contributed by atoms with Crippen LogP contribution in [0.25, 0.3) is 0 Å². The van der Waals surface area contributed by atoms with Gasteiger partial charge in [-0.05, 0) is 48.2 Å². The second kappa shape index (κ2) is 11.8. The number of ether oxygens (including phenoxy) is 1. The number of carbonyl (C=O) groups is 2. The number of anilines is 1. The zero-order valence-corrected chi connectivity index (χ0v) is 21.7. The molecule has 1 aromatic heterocycles. The van der Waals surface area contributed by atoms with Gasteiger partial charge in [0.25, 0.3) is 5.91 Å². The summed E-state index contributed by atoms with van der Waals surface area (Å²) < 4.78 is 43.7. The molecule has 0 fully saturated rings. The van der Waals surface area contributed by atoms with Crippen LogP contribution in [0.5, 0.6) is 0 Å². The molecule has 0 spiro atoms. The number of hydrazone groups is 1. The minimum absolute atomic E-state index is 0.0965. The van der Waals surface area contributed by atoms with E-state index in [2.05, 4.69) is 10.4 Å². The number of amides is 3. The first-order valence-electron chi connectivity index (χ1n) is 11.9. The Bertz CT molecular complexity index is 1280. The maximum absolute atomic E-state index is 13.5. The molecule has 1 aliphatic rings. The van der Waals surface area contributed by atoms with Crippen molar-refractivity contribution in [3.63, 3.8) is 0 Å². The van der Waals surface area contributed by atoms with Crippen molar-refractivity contribution in [2.75, 3.05) is 32.1 Å². The maximum atomic E-state index is 13.5. The number of nitrogens with one attached hydrogen (secondary N) is 1. The minimum atomic E-state index is -4.48. The fourth-order valence-corrected chi connectivity index (χ4v) is 4.74. The molecule has 200 valence electrons. The van der Waals surface area contributed by atoms with Crippen molar-refractivity contribution in [3.8, 4) is 0 Å². The number of rotatable bonds is 8. The number of methoxy groups -OCH3 is 1. The zero-order chi connectivity index (χ0) is 27.3. The Kier molecular flexibility index (Phi) is 8.48. The van der Waals surface area contributed by atoms with E-state index >= 15 is 0 Å². The van der Waals surface area contributed by atoms with E-state index in [0.29, 0.717) is 6.42 Å². The Morgan fingerprint density at radius 2 is 1.84 bits per heavy atom. The monoisotopic (exact) mass is 544 g/mol. The van der Waals surface area contributed by atoms with Crippen LogP contribution in [-0.4, -0.2) is 54.4 Å². The number of thiophene rings is 1. The van der Waals surface area contributed by atoms with Crippen LogP contribution in [0, 0.1) is 6.92 Å². The average molecular weight is 545 g/mol. The van der Waals surface area contributed by atoms with E-state index in [-0.39, 0.29) is 37.3 Å². The van der Waals surface area contributed by atoms with Crippen molar-refractivity contribution in [3.05, 3.63) is 87.6 Å². The molecule has 3 aromatic rings. The highest BCUT2D eigenvalue weighted by molar-refractivity contribution is 7.12. The van der Waals surface area contributed by atoms with E-state index in [9.17, 15) is 22.8 Å². The smallest absolute Gasteiger partial charge is 0.383 e. The summed E-state index contributed by atoms with van der Waals surface area (Å²) in [6, 6.07) is 14.9. The number of benzene rings is 2. The molecular weight excluding hydrogens is 517 g/mol. The second-order valence-electron chi connectivity index (χ2n) is 8.81. The quantitative estimate of drug-likeness (QED) is 0.382. The number of nitrogens with zero attached hydrogens (tertiary/aromatic N) is 3. The molecular formula is C27H27F3N4O3S. The lowest BCUT2D eigenvalue weighted by Crippen LogP contribution is -2.44. The Morgan fingerprint density at radius 1 is 1.13 bits per heavy atom. The van der Waals surface area contributed by atoms with Gasteiger partial charge in [-0.25, -0.2) is 9.80 Å². The van der Waals surface area contributed by atoms with Gasteiger partial charge in [-0.2, -0.15) is 18.3 Å². The lowest BCUT2D eigenvalue weighted by Gasteiger charge is -2.27. The van der Waals surface area contributed by atoms with Crippen LogP contribution >= 0.6 is 11.3 Å². The van der Waals surface area contributed by atoms with Gasteiger partial charge in [-0.1, -0.05) is 35.9 Å². The first-order valence-corrected chi connectivity index (χ1v) is 12.8. The van der Waals surface area contributed by atoms with Crippen LogP contribution < -0.4 is 5.32 Å². The number of urea groups is 1. The molecule has 0 radical (unpaired) electrons. The van der Waals surface area contributed by atoms with E-state index in [4.69, 9.17) is 4.74 Å². The molecule has 4 rings (SSSR count). The van der Waals surface area contributed by atoms with Gasteiger partial charge >= 0.3 is 12.2 Å². The second-order valence-corrected chi connectivity index (χ2v) is 9.76. The Balaban J connectivity index is 1.53. The molecule has 1 aliphatic heterocycles. The summed E-state index contributed by atoms with van der Waals surface area (Å²) in [4.78, 5) is 28.8. The lowest BCUT2D eigenvalue weighted by molar-refractivity contribution is -0.137. The number of hydrogen-bond acceptors (Lipinski definition) is 5. The van der Waals surface area contributed by atoms with E-state index < -0.39 is 17.8 Å². The molecule has 0 saturated carbocycles. The molecule has 7 nitrogen and oxygen atoms in total. The van der Waals surface area contributed by atoms with Crippen molar-refractivity contribution >= 4 is 34.7 Å². The Labute approximate surface area is 222 Å². The average Bonchev–Trinajstić information content (AvgIpc) is 3.57. The molecule has 1 atom stereocenters. The Hall–Kier alpha value is -3.70. The molecule has 0 saturated heterocycles. The summed E-state index contributed by atoms with van der Waals surface area (Å²) in [5.74, 6) is -0.388. The molecule has 11 heteroatoms.